The smallest absolute Gasteiger partial charge is 0.0184 e. The number of rotatable bonds is 2. The van der Waals surface area contributed by atoms with Crippen LogP contribution in [0.2, 0.25) is 0 Å². The lowest BCUT2D eigenvalue weighted by Gasteiger charge is -2.29. The molecule has 0 unspecified atom stereocenters. The summed E-state index contributed by atoms with van der Waals surface area (Å²) in [5, 5.41) is 0. The van der Waals surface area contributed by atoms with Gasteiger partial charge in [0.2, 0.25) is 0 Å². The molecule has 12 heavy (non-hydrogen) atoms. The Balaban J connectivity index is 4.80. The van der Waals surface area contributed by atoms with Crippen LogP contribution in [0.5, 0.6) is 0 Å². The molecular weight excluding hydrogens is 146 g/mol. The zero-order chi connectivity index (χ0) is 9.94. The van der Waals surface area contributed by atoms with Crippen LogP contribution in [0, 0.1) is 5.41 Å². The average Bonchev–Trinajstić information content (AvgIpc) is 1.79. The van der Waals surface area contributed by atoms with E-state index in [4.69, 9.17) is 0 Å². The second kappa shape index (κ2) is 3.79. The van der Waals surface area contributed by atoms with Gasteiger partial charge in [0.15, 0.2) is 0 Å². The lowest BCUT2D eigenvalue weighted by Crippen LogP contribution is -2.23. The summed E-state index contributed by atoms with van der Waals surface area (Å²) < 4.78 is 0. The second-order valence-corrected chi connectivity index (χ2v) is 4.52. The number of nitrogens with zero attached hydrogens (tertiary/aromatic N) is 1. The maximum absolute atomic E-state index is 3.89. The third kappa shape index (κ3) is 3.61. The fourth-order valence-corrected chi connectivity index (χ4v) is 1.25. The van der Waals surface area contributed by atoms with E-state index in [-0.39, 0.29) is 5.41 Å². The molecule has 0 saturated heterocycles. The van der Waals surface area contributed by atoms with Crippen LogP contribution in [0.3, 0.4) is 0 Å². The molecule has 0 saturated carbocycles. The standard InChI is InChI=1S/C11H21N/c1-9(2)8-10(12(6)7)11(3,4)5/h8H,1H2,2-7H3/b10-8-. The Bertz CT molecular complexity index is 192. The molecule has 1 nitrogen and oxygen atoms in total. The van der Waals surface area contributed by atoms with Gasteiger partial charge in [0.05, 0.1) is 0 Å². The summed E-state index contributed by atoms with van der Waals surface area (Å²) in [6.45, 7) is 12.5. The van der Waals surface area contributed by atoms with Gasteiger partial charge in [-0.3, -0.25) is 0 Å². The lowest BCUT2D eigenvalue weighted by atomic mass is 9.90. The van der Waals surface area contributed by atoms with Gasteiger partial charge >= 0.3 is 0 Å². The quantitative estimate of drug-likeness (QED) is 0.571. The van der Waals surface area contributed by atoms with Crippen LogP contribution in [-0.4, -0.2) is 19.0 Å². The fraction of sp³-hybridized carbons (Fsp3) is 0.636. The molecule has 0 N–H and O–H groups in total. The molecule has 0 aromatic heterocycles. The Morgan fingerprint density at radius 3 is 1.75 bits per heavy atom. The molecule has 0 bridgehead atoms. The van der Waals surface area contributed by atoms with E-state index in [0.717, 1.165) is 5.57 Å². The Hall–Kier alpha value is -0.720. The first-order chi connectivity index (χ1) is 5.25. The summed E-state index contributed by atoms with van der Waals surface area (Å²) in [4.78, 5) is 2.15. The number of hydrogen-bond donors (Lipinski definition) is 0. The Labute approximate surface area is 76.8 Å². The van der Waals surface area contributed by atoms with Crippen LogP contribution in [0.25, 0.3) is 0 Å². The minimum absolute atomic E-state index is 0.197. The van der Waals surface area contributed by atoms with Gasteiger partial charge in [-0.25, -0.2) is 0 Å². The molecular formula is C11H21N. The predicted octanol–water partition coefficient (Wildman–Crippen LogP) is 3.05. The van der Waals surface area contributed by atoms with Crippen LogP contribution in [0.15, 0.2) is 23.9 Å². The first-order valence-corrected chi connectivity index (χ1v) is 4.30. The van der Waals surface area contributed by atoms with Crippen LogP contribution >= 0.6 is 0 Å². The minimum Gasteiger partial charge on any atom is -0.381 e. The summed E-state index contributed by atoms with van der Waals surface area (Å²) in [5.41, 5.74) is 2.62. The molecule has 0 aliphatic rings. The van der Waals surface area contributed by atoms with Crippen molar-refractivity contribution in [3.8, 4) is 0 Å². The molecule has 0 aliphatic heterocycles. The van der Waals surface area contributed by atoms with Gasteiger partial charge in [-0.05, 0) is 13.0 Å². The topological polar surface area (TPSA) is 3.24 Å². The highest BCUT2D eigenvalue weighted by Gasteiger charge is 2.18. The third-order valence-corrected chi connectivity index (χ3v) is 1.63. The van der Waals surface area contributed by atoms with Gasteiger partial charge < -0.3 is 4.90 Å². The minimum atomic E-state index is 0.197. The molecule has 0 fully saturated rings. The van der Waals surface area contributed by atoms with Gasteiger partial charge in [-0.2, -0.15) is 0 Å². The highest BCUT2D eigenvalue weighted by Crippen LogP contribution is 2.27. The van der Waals surface area contributed by atoms with E-state index in [1.54, 1.807) is 0 Å². The zero-order valence-corrected chi connectivity index (χ0v) is 9.23. The second-order valence-electron chi connectivity index (χ2n) is 4.52. The molecule has 0 spiro atoms. The van der Waals surface area contributed by atoms with E-state index in [9.17, 15) is 0 Å². The molecule has 0 atom stereocenters. The van der Waals surface area contributed by atoms with Gasteiger partial charge in [0, 0.05) is 25.2 Å². The Morgan fingerprint density at radius 1 is 1.25 bits per heavy atom. The Morgan fingerprint density at radius 2 is 1.67 bits per heavy atom. The predicted molar refractivity (Wildman–Crippen MR) is 56.0 cm³/mol. The molecule has 0 aliphatic carbocycles. The van der Waals surface area contributed by atoms with Crippen molar-refractivity contribution in [2.75, 3.05) is 14.1 Å². The Kier molecular flexibility index (Phi) is 3.56. The highest BCUT2D eigenvalue weighted by molar-refractivity contribution is 5.21. The van der Waals surface area contributed by atoms with Crippen LogP contribution < -0.4 is 0 Å². The SMILES string of the molecule is C=C(C)/C=C(\N(C)C)C(C)(C)C. The normalized spacial score (nSPS) is 13.0. The molecule has 0 radical (unpaired) electrons. The van der Waals surface area contributed by atoms with Gasteiger partial charge in [-0.15, -0.1) is 0 Å². The van der Waals surface area contributed by atoms with Crippen LogP contribution in [0.4, 0.5) is 0 Å². The van der Waals surface area contributed by atoms with Crippen molar-refractivity contribution >= 4 is 0 Å². The van der Waals surface area contributed by atoms with Crippen LogP contribution in [0.1, 0.15) is 27.7 Å². The van der Waals surface area contributed by atoms with E-state index in [2.05, 4.69) is 52.4 Å². The van der Waals surface area contributed by atoms with Crippen molar-refractivity contribution in [1.82, 2.24) is 4.90 Å². The average molecular weight is 167 g/mol. The summed E-state index contributed by atoms with van der Waals surface area (Å²) >= 11 is 0. The molecule has 0 aromatic carbocycles. The molecule has 70 valence electrons. The summed E-state index contributed by atoms with van der Waals surface area (Å²) in [6, 6.07) is 0. The number of allylic oxidation sites excluding steroid dienone is 3. The maximum Gasteiger partial charge on any atom is 0.0184 e. The van der Waals surface area contributed by atoms with Crippen molar-refractivity contribution in [1.29, 1.82) is 0 Å². The zero-order valence-electron chi connectivity index (χ0n) is 9.23. The van der Waals surface area contributed by atoms with E-state index in [0.29, 0.717) is 0 Å². The van der Waals surface area contributed by atoms with Crippen molar-refractivity contribution < 1.29 is 0 Å². The van der Waals surface area contributed by atoms with Gasteiger partial charge in [0.1, 0.15) is 0 Å². The monoisotopic (exact) mass is 167 g/mol. The molecule has 1 heteroatoms. The van der Waals surface area contributed by atoms with Crippen molar-refractivity contribution in [3.05, 3.63) is 23.9 Å². The van der Waals surface area contributed by atoms with E-state index < -0.39 is 0 Å². The molecule has 0 aromatic rings. The van der Waals surface area contributed by atoms with Gasteiger partial charge in [0.25, 0.3) is 0 Å². The largest absolute Gasteiger partial charge is 0.381 e. The van der Waals surface area contributed by atoms with Crippen molar-refractivity contribution in [2.45, 2.75) is 27.7 Å². The summed E-state index contributed by atoms with van der Waals surface area (Å²) in [6.07, 6.45) is 2.14. The first-order valence-electron chi connectivity index (χ1n) is 4.30. The highest BCUT2D eigenvalue weighted by atomic mass is 15.1. The van der Waals surface area contributed by atoms with Crippen LogP contribution in [-0.2, 0) is 0 Å². The number of hydrogen-bond acceptors (Lipinski definition) is 1. The van der Waals surface area contributed by atoms with E-state index in [1.165, 1.54) is 5.70 Å². The molecule has 0 heterocycles. The lowest BCUT2D eigenvalue weighted by molar-refractivity contribution is 0.353. The first kappa shape index (κ1) is 11.3. The third-order valence-electron chi connectivity index (χ3n) is 1.63. The molecule has 0 rings (SSSR count). The fourth-order valence-electron chi connectivity index (χ4n) is 1.25. The van der Waals surface area contributed by atoms with E-state index >= 15 is 0 Å². The van der Waals surface area contributed by atoms with E-state index in [1.807, 2.05) is 6.92 Å². The summed E-state index contributed by atoms with van der Waals surface area (Å²) in [7, 11) is 4.14. The van der Waals surface area contributed by atoms with Crippen molar-refractivity contribution in [3.63, 3.8) is 0 Å². The molecule has 0 amide bonds. The maximum atomic E-state index is 3.89. The van der Waals surface area contributed by atoms with Gasteiger partial charge in [-0.1, -0.05) is 32.9 Å². The summed E-state index contributed by atoms with van der Waals surface area (Å²) in [5.74, 6) is 0. The van der Waals surface area contributed by atoms with Crippen molar-refractivity contribution in [2.24, 2.45) is 5.41 Å².